The van der Waals surface area contributed by atoms with E-state index in [-0.39, 0.29) is 0 Å². The smallest absolute Gasteiger partial charge is 0.119 e. The number of ether oxygens (including phenoxy) is 1. The first kappa shape index (κ1) is 13.3. The Hall–Kier alpha value is -0.730. The summed E-state index contributed by atoms with van der Waals surface area (Å²) < 4.78 is 5.57. The van der Waals surface area contributed by atoms with Crippen molar-refractivity contribution in [1.29, 1.82) is 0 Å². The number of hydrogen-bond donors (Lipinski definition) is 1. The molecule has 0 bridgehead atoms. The molecule has 0 unspecified atom stereocenters. The number of rotatable bonds is 7. The van der Waals surface area contributed by atoms with Crippen LogP contribution in [0.15, 0.2) is 24.3 Å². The summed E-state index contributed by atoms with van der Waals surface area (Å²) in [5, 5.41) is 4.12. The maximum atomic E-state index is 5.78. The highest BCUT2D eigenvalue weighted by Crippen LogP contribution is 2.15. The highest BCUT2D eigenvalue weighted by molar-refractivity contribution is 6.30. The molecule has 3 heteroatoms. The monoisotopic (exact) mass is 241 g/mol. The molecule has 0 heterocycles. The molecule has 1 aromatic rings. The van der Waals surface area contributed by atoms with Gasteiger partial charge in [-0.2, -0.15) is 0 Å². The zero-order chi connectivity index (χ0) is 11.8. The molecular weight excluding hydrogens is 222 g/mol. The van der Waals surface area contributed by atoms with Crippen molar-refractivity contribution >= 4 is 11.6 Å². The van der Waals surface area contributed by atoms with Crippen molar-refractivity contribution in [2.45, 2.75) is 20.3 Å². The Bertz CT molecular complexity index is 284. The molecule has 0 radical (unpaired) electrons. The molecule has 0 atom stereocenters. The second-order valence-electron chi connectivity index (χ2n) is 4.25. The van der Waals surface area contributed by atoms with Crippen LogP contribution < -0.4 is 10.1 Å². The molecule has 0 aromatic heterocycles. The highest BCUT2D eigenvalue weighted by Gasteiger charge is 1.95. The summed E-state index contributed by atoms with van der Waals surface area (Å²) in [6, 6.07) is 7.47. The SMILES string of the molecule is CC(C)CNCCCOc1ccc(Cl)cc1. The Morgan fingerprint density at radius 2 is 1.94 bits per heavy atom. The largest absolute Gasteiger partial charge is 0.494 e. The molecule has 0 aliphatic heterocycles. The second kappa shape index (κ2) is 7.53. The van der Waals surface area contributed by atoms with Crippen molar-refractivity contribution in [3.8, 4) is 5.75 Å². The Morgan fingerprint density at radius 3 is 2.56 bits per heavy atom. The summed E-state index contributed by atoms with van der Waals surface area (Å²) in [5.74, 6) is 1.59. The van der Waals surface area contributed by atoms with Crippen LogP contribution in [0.5, 0.6) is 5.75 Å². The van der Waals surface area contributed by atoms with E-state index in [1.807, 2.05) is 24.3 Å². The molecule has 0 fully saturated rings. The summed E-state index contributed by atoms with van der Waals surface area (Å²) >= 11 is 5.78. The summed E-state index contributed by atoms with van der Waals surface area (Å²) in [6.07, 6.45) is 1.02. The number of nitrogens with one attached hydrogen (secondary N) is 1. The second-order valence-corrected chi connectivity index (χ2v) is 4.69. The van der Waals surface area contributed by atoms with Gasteiger partial charge in [-0.05, 0) is 49.7 Å². The molecule has 1 rings (SSSR count). The van der Waals surface area contributed by atoms with Gasteiger partial charge in [-0.3, -0.25) is 0 Å². The lowest BCUT2D eigenvalue weighted by molar-refractivity contribution is 0.307. The van der Waals surface area contributed by atoms with E-state index in [2.05, 4.69) is 19.2 Å². The topological polar surface area (TPSA) is 21.3 Å². The fourth-order valence-corrected chi connectivity index (χ4v) is 1.43. The molecule has 0 aliphatic carbocycles. The zero-order valence-corrected chi connectivity index (χ0v) is 10.8. The molecule has 0 saturated heterocycles. The fraction of sp³-hybridized carbons (Fsp3) is 0.538. The lowest BCUT2D eigenvalue weighted by atomic mass is 10.2. The van der Waals surface area contributed by atoms with Gasteiger partial charge in [-0.1, -0.05) is 25.4 Å². The van der Waals surface area contributed by atoms with E-state index in [0.717, 1.165) is 36.9 Å². The van der Waals surface area contributed by atoms with Crippen molar-refractivity contribution in [2.75, 3.05) is 19.7 Å². The van der Waals surface area contributed by atoms with Crippen LogP contribution in [0.4, 0.5) is 0 Å². The van der Waals surface area contributed by atoms with Crippen molar-refractivity contribution < 1.29 is 4.74 Å². The molecule has 90 valence electrons. The highest BCUT2D eigenvalue weighted by atomic mass is 35.5. The van der Waals surface area contributed by atoms with Crippen LogP contribution in [0.1, 0.15) is 20.3 Å². The lowest BCUT2D eigenvalue weighted by Gasteiger charge is -2.08. The Kier molecular flexibility index (Phi) is 6.27. The first-order valence-electron chi connectivity index (χ1n) is 5.77. The first-order valence-corrected chi connectivity index (χ1v) is 6.15. The molecule has 0 amide bonds. The molecular formula is C13H20ClNO. The van der Waals surface area contributed by atoms with E-state index < -0.39 is 0 Å². The first-order chi connectivity index (χ1) is 7.68. The van der Waals surface area contributed by atoms with Gasteiger partial charge in [0.25, 0.3) is 0 Å². The molecule has 0 saturated carbocycles. The Labute approximate surface area is 103 Å². The molecule has 16 heavy (non-hydrogen) atoms. The van der Waals surface area contributed by atoms with Gasteiger partial charge in [0.2, 0.25) is 0 Å². The van der Waals surface area contributed by atoms with Crippen LogP contribution in [0.2, 0.25) is 5.02 Å². The average Bonchev–Trinajstić information content (AvgIpc) is 2.25. The number of halogens is 1. The molecule has 0 aliphatic rings. The number of hydrogen-bond acceptors (Lipinski definition) is 2. The van der Waals surface area contributed by atoms with Crippen molar-refractivity contribution in [3.63, 3.8) is 0 Å². The molecule has 2 nitrogen and oxygen atoms in total. The van der Waals surface area contributed by atoms with Gasteiger partial charge in [0.05, 0.1) is 6.61 Å². The van der Waals surface area contributed by atoms with Gasteiger partial charge < -0.3 is 10.1 Å². The van der Waals surface area contributed by atoms with Crippen molar-refractivity contribution in [3.05, 3.63) is 29.3 Å². The van der Waals surface area contributed by atoms with E-state index in [4.69, 9.17) is 16.3 Å². The van der Waals surface area contributed by atoms with E-state index in [1.54, 1.807) is 0 Å². The van der Waals surface area contributed by atoms with Crippen molar-refractivity contribution in [2.24, 2.45) is 5.92 Å². The molecule has 0 spiro atoms. The summed E-state index contributed by atoms with van der Waals surface area (Å²) in [4.78, 5) is 0. The number of benzene rings is 1. The van der Waals surface area contributed by atoms with E-state index in [1.165, 1.54) is 0 Å². The standard InChI is InChI=1S/C13H20ClNO/c1-11(2)10-15-8-3-9-16-13-6-4-12(14)5-7-13/h4-7,11,15H,3,8-10H2,1-2H3. The quantitative estimate of drug-likeness (QED) is 0.740. The van der Waals surface area contributed by atoms with Crippen LogP contribution >= 0.6 is 11.6 Å². The lowest BCUT2D eigenvalue weighted by Crippen LogP contribution is -2.22. The third-order valence-corrected chi connectivity index (χ3v) is 2.38. The van der Waals surface area contributed by atoms with Gasteiger partial charge in [-0.25, -0.2) is 0 Å². The van der Waals surface area contributed by atoms with E-state index in [0.29, 0.717) is 5.92 Å². The molecule has 1 N–H and O–H groups in total. The van der Waals surface area contributed by atoms with Gasteiger partial charge >= 0.3 is 0 Å². The third kappa shape index (κ3) is 5.99. The van der Waals surface area contributed by atoms with Gasteiger partial charge in [-0.15, -0.1) is 0 Å². The van der Waals surface area contributed by atoms with Gasteiger partial charge in [0.1, 0.15) is 5.75 Å². The van der Waals surface area contributed by atoms with Crippen LogP contribution in [-0.2, 0) is 0 Å². The Morgan fingerprint density at radius 1 is 1.25 bits per heavy atom. The summed E-state index contributed by atoms with van der Waals surface area (Å²) in [6.45, 7) is 7.23. The van der Waals surface area contributed by atoms with Crippen LogP contribution in [-0.4, -0.2) is 19.7 Å². The minimum atomic E-state index is 0.706. The average molecular weight is 242 g/mol. The summed E-state index contributed by atoms with van der Waals surface area (Å²) in [5.41, 5.74) is 0. The van der Waals surface area contributed by atoms with Gasteiger partial charge in [0.15, 0.2) is 0 Å². The van der Waals surface area contributed by atoms with E-state index >= 15 is 0 Å². The Balaban J connectivity index is 2.05. The predicted molar refractivity (Wildman–Crippen MR) is 69.3 cm³/mol. The minimum Gasteiger partial charge on any atom is -0.494 e. The minimum absolute atomic E-state index is 0.706. The van der Waals surface area contributed by atoms with E-state index in [9.17, 15) is 0 Å². The zero-order valence-electron chi connectivity index (χ0n) is 10.0. The maximum absolute atomic E-state index is 5.78. The normalized spacial score (nSPS) is 10.8. The molecule has 1 aromatic carbocycles. The maximum Gasteiger partial charge on any atom is 0.119 e. The third-order valence-electron chi connectivity index (χ3n) is 2.13. The fourth-order valence-electron chi connectivity index (χ4n) is 1.31. The van der Waals surface area contributed by atoms with Crippen LogP contribution in [0.3, 0.4) is 0 Å². The summed E-state index contributed by atoms with van der Waals surface area (Å²) in [7, 11) is 0. The predicted octanol–water partition coefficient (Wildman–Crippen LogP) is 3.35. The van der Waals surface area contributed by atoms with Crippen LogP contribution in [0, 0.1) is 5.92 Å². The van der Waals surface area contributed by atoms with Gasteiger partial charge in [0, 0.05) is 5.02 Å². The van der Waals surface area contributed by atoms with Crippen molar-refractivity contribution in [1.82, 2.24) is 5.32 Å². The van der Waals surface area contributed by atoms with Crippen LogP contribution in [0.25, 0.3) is 0 Å².